The molecule has 1 aromatic rings. The Morgan fingerprint density at radius 2 is 2.19 bits per heavy atom. The van der Waals surface area contributed by atoms with Crippen LogP contribution in [-0.2, 0) is 4.74 Å². The maximum atomic E-state index is 6.07. The van der Waals surface area contributed by atoms with Gasteiger partial charge in [0.15, 0.2) is 0 Å². The number of rotatable bonds is 5. The van der Waals surface area contributed by atoms with E-state index in [1.807, 2.05) is 18.2 Å². The highest BCUT2D eigenvalue weighted by molar-refractivity contribution is 5.42. The topological polar surface area (TPSA) is 57.0 Å². The van der Waals surface area contributed by atoms with Gasteiger partial charge in [-0.05, 0) is 31.5 Å². The van der Waals surface area contributed by atoms with Crippen LogP contribution in [0.4, 0.5) is 0 Å². The van der Waals surface area contributed by atoms with Gasteiger partial charge in [0, 0.05) is 31.8 Å². The Balaban J connectivity index is 2.30. The van der Waals surface area contributed by atoms with E-state index in [-0.39, 0.29) is 12.1 Å². The number of hydrogen-bond acceptors (Lipinski definition) is 5. The fourth-order valence-corrected chi connectivity index (χ4v) is 2.88. The van der Waals surface area contributed by atoms with Gasteiger partial charge in [0.2, 0.25) is 0 Å². The van der Waals surface area contributed by atoms with Crippen molar-refractivity contribution in [1.82, 2.24) is 4.90 Å². The lowest BCUT2D eigenvalue weighted by Crippen LogP contribution is -2.37. The molecule has 1 heterocycles. The van der Waals surface area contributed by atoms with Gasteiger partial charge in [-0.1, -0.05) is 0 Å². The smallest absolute Gasteiger partial charge is 0.123 e. The average molecular weight is 294 g/mol. The standard InChI is InChI=1S/C16H26N2O3/c1-12-11-18(7-4-8-21-12)15(10-17)14-9-13(19-2)5-6-16(14)20-3/h5-6,9,12,15H,4,7-8,10-11,17H2,1-3H3. The highest BCUT2D eigenvalue weighted by Gasteiger charge is 2.26. The van der Waals surface area contributed by atoms with E-state index in [4.69, 9.17) is 19.9 Å². The Labute approximate surface area is 127 Å². The molecule has 0 amide bonds. The number of ether oxygens (including phenoxy) is 3. The summed E-state index contributed by atoms with van der Waals surface area (Å²) in [6, 6.07) is 5.98. The molecule has 0 saturated carbocycles. The highest BCUT2D eigenvalue weighted by atomic mass is 16.5. The minimum absolute atomic E-state index is 0.110. The van der Waals surface area contributed by atoms with Crippen molar-refractivity contribution in [2.24, 2.45) is 5.73 Å². The minimum Gasteiger partial charge on any atom is -0.497 e. The lowest BCUT2D eigenvalue weighted by molar-refractivity contribution is 0.0609. The molecule has 118 valence electrons. The molecule has 1 aliphatic rings. The van der Waals surface area contributed by atoms with E-state index in [1.165, 1.54) is 0 Å². The van der Waals surface area contributed by atoms with Crippen LogP contribution in [0.2, 0.25) is 0 Å². The average Bonchev–Trinajstić information content (AvgIpc) is 2.72. The summed E-state index contributed by atoms with van der Waals surface area (Å²) in [4.78, 5) is 2.38. The molecule has 1 fully saturated rings. The molecule has 1 aromatic carbocycles. The van der Waals surface area contributed by atoms with E-state index in [0.29, 0.717) is 6.54 Å². The van der Waals surface area contributed by atoms with E-state index in [1.54, 1.807) is 14.2 Å². The predicted molar refractivity (Wildman–Crippen MR) is 82.9 cm³/mol. The Kier molecular flexibility index (Phi) is 5.85. The van der Waals surface area contributed by atoms with Gasteiger partial charge >= 0.3 is 0 Å². The first-order chi connectivity index (χ1) is 10.2. The molecule has 0 radical (unpaired) electrons. The van der Waals surface area contributed by atoms with E-state index in [0.717, 1.165) is 43.2 Å². The molecule has 0 spiro atoms. The summed E-state index contributed by atoms with van der Waals surface area (Å²) >= 11 is 0. The molecule has 5 heteroatoms. The number of methoxy groups -OCH3 is 2. The molecule has 1 saturated heterocycles. The Hall–Kier alpha value is -1.30. The molecule has 2 rings (SSSR count). The van der Waals surface area contributed by atoms with Crippen molar-refractivity contribution in [3.05, 3.63) is 23.8 Å². The van der Waals surface area contributed by atoms with Crippen molar-refractivity contribution in [2.45, 2.75) is 25.5 Å². The molecule has 1 aliphatic heterocycles. The fraction of sp³-hybridized carbons (Fsp3) is 0.625. The minimum atomic E-state index is 0.110. The van der Waals surface area contributed by atoms with Crippen molar-refractivity contribution in [2.75, 3.05) is 40.5 Å². The molecule has 2 unspecified atom stereocenters. The molecule has 5 nitrogen and oxygen atoms in total. The second kappa shape index (κ2) is 7.64. The third-order valence-corrected chi connectivity index (χ3v) is 3.94. The van der Waals surface area contributed by atoms with Crippen LogP contribution in [0.25, 0.3) is 0 Å². The first-order valence-corrected chi connectivity index (χ1v) is 7.47. The summed E-state index contributed by atoms with van der Waals surface area (Å²) in [6.07, 6.45) is 1.24. The molecular formula is C16H26N2O3. The Morgan fingerprint density at radius 1 is 1.38 bits per heavy atom. The number of nitrogens with zero attached hydrogens (tertiary/aromatic N) is 1. The van der Waals surface area contributed by atoms with Gasteiger partial charge in [-0.3, -0.25) is 4.90 Å². The molecule has 21 heavy (non-hydrogen) atoms. The molecule has 2 atom stereocenters. The number of benzene rings is 1. The van der Waals surface area contributed by atoms with Crippen LogP contribution in [0.3, 0.4) is 0 Å². The van der Waals surface area contributed by atoms with Gasteiger partial charge in [-0.25, -0.2) is 0 Å². The summed E-state index contributed by atoms with van der Waals surface area (Å²) in [5.41, 5.74) is 7.15. The number of hydrogen-bond donors (Lipinski definition) is 1. The van der Waals surface area contributed by atoms with E-state index in [2.05, 4.69) is 11.8 Å². The van der Waals surface area contributed by atoms with Gasteiger partial charge in [0.1, 0.15) is 11.5 Å². The summed E-state index contributed by atoms with van der Waals surface area (Å²) < 4.78 is 16.6. The maximum absolute atomic E-state index is 6.07. The predicted octanol–water partition coefficient (Wildman–Crippen LogP) is 1.81. The lowest BCUT2D eigenvalue weighted by Gasteiger charge is -2.32. The zero-order chi connectivity index (χ0) is 15.2. The van der Waals surface area contributed by atoms with Crippen LogP contribution in [0.15, 0.2) is 18.2 Å². The van der Waals surface area contributed by atoms with Crippen molar-refractivity contribution >= 4 is 0 Å². The van der Waals surface area contributed by atoms with Gasteiger partial charge in [-0.2, -0.15) is 0 Å². The second-order valence-corrected chi connectivity index (χ2v) is 5.39. The summed E-state index contributed by atoms with van der Waals surface area (Å²) in [7, 11) is 3.36. The van der Waals surface area contributed by atoms with Crippen molar-refractivity contribution in [3.8, 4) is 11.5 Å². The molecular weight excluding hydrogens is 268 g/mol. The van der Waals surface area contributed by atoms with Crippen molar-refractivity contribution in [1.29, 1.82) is 0 Å². The van der Waals surface area contributed by atoms with E-state index >= 15 is 0 Å². The van der Waals surface area contributed by atoms with Gasteiger partial charge in [0.05, 0.1) is 26.4 Å². The first kappa shape index (κ1) is 16.1. The summed E-state index contributed by atoms with van der Waals surface area (Å²) in [6.45, 7) is 5.31. The Morgan fingerprint density at radius 3 is 2.86 bits per heavy atom. The van der Waals surface area contributed by atoms with Crippen LogP contribution in [0, 0.1) is 0 Å². The highest BCUT2D eigenvalue weighted by Crippen LogP contribution is 2.33. The van der Waals surface area contributed by atoms with E-state index in [9.17, 15) is 0 Å². The first-order valence-electron chi connectivity index (χ1n) is 7.47. The zero-order valence-corrected chi connectivity index (χ0v) is 13.2. The second-order valence-electron chi connectivity index (χ2n) is 5.39. The van der Waals surface area contributed by atoms with Gasteiger partial charge < -0.3 is 19.9 Å². The van der Waals surface area contributed by atoms with Crippen molar-refractivity contribution < 1.29 is 14.2 Å². The van der Waals surface area contributed by atoms with Crippen LogP contribution in [0.1, 0.15) is 24.9 Å². The maximum Gasteiger partial charge on any atom is 0.123 e. The summed E-state index contributed by atoms with van der Waals surface area (Å²) in [5, 5.41) is 0. The Bertz CT molecular complexity index is 453. The summed E-state index contributed by atoms with van der Waals surface area (Å²) in [5.74, 6) is 1.67. The zero-order valence-electron chi connectivity index (χ0n) is 13.2. The normalized spacial score (nSPS) is 21.6. The largest absolute Gasteiger partial charge is 0.497 e. The third-order valence-electron chi connectivity index (χ3n) is 3.94. The van der Waals surface area contributed by atoms with E-state index < -0.39 is 0 Å². The molecule has 0 bridgehead atoms. The molecule has 0 aromatic heterocycles. The van der Waals surface area contributed by atoms with Crippen LogP contribution in [-0.4, -0.2) is 51.5 Å². The van der Waals surface area contributed by atoms with Gasteiger partial charge in [-0.15, -0.1) is 0 Å². The molecule has 2 N–H and O–H groups in total. The monoisotopic (exact) mass is 294 g/mol. The lowest BCUT2D eigenvalue weighted by atomic mass is 10.0. The SMILES string of the molecule is COc1ccc(OC)c(C(CN)N2CCCOC(C)C2)c1. The number of nitrogens with two attached hydrogens (primary N) is 1. The third kappa shape index (κ3) is 3.87. The fourth-order valence-electron chi connectivity index (χ4n) is 2.88. The van der Waals surface area contributed by atoms with Crippen molar-refractivity contribution in [3.63, 3.8) is 0 Å². The quantitative estimate of drug-likeness (QED) is 0.897. The van der Waals surface area contributed by atoms with Crippen LogP contribution in [0.5, 0.6) is 11.5 Å². The van der Waals surface area contributed by atoms with Crippen LogP contribution >= 0.6 is 0 Å². The van der Waals surface area contributed by atoms with Gasteiger partial charge in [0.25, 0.3) is 0 Å². The van der Waals surface area contributed by atoms with Crippen LogP contribution < -0.4 is 15.2 Å². The molecule has 0 aliphatic carbocycles.